The number of aromatic nitrogens is 2. The number of allylic oxidation sites excluding steroid dienone is 1. The van der Waals surface area contributed by atoms with Gasteiger partial charge in [0.15, 0.2) is 0 Å². The Kier molecular flexibility index (Phi) is 3.71. The van der Waals surface area contributed by atoms with Gasteiger partial charge in [0.2, 0.25) is 0 Å². The minimum Gasteiger partial charge on any atom is -0.314 e. The smallest absolute Gasteiger partial charge is 0.0620 e. The third-order valence-electron chi connectivity index (χ3n) is 2.04. The number of hydrogen-bond acceptors (Lipinski definition) is 2. The van der Waals surface area contributed by atoms with Gasteiger partial charge in [0.25, 0.3) is 0 Å². The van der Waals surface area contributed by atoms with Gasteiger partial charge < -0.3 is 5.32 Å². The first-order chi connectivity index (χ1) is 6.27. The zero-order valence-electron chi connectivity index (χ0n) is 8.38. The van der Waals surface area contributed by atoms with Gasteiger partial charge in [-0.05, 0) is 19.5 Å². The standard InChI is InChI=1S/C10H17N3/c1-4-9(2)8-13-10(7-11-3)5-6-12-13/h5-6,11H,2,4,7-8H2,1,3H3. The fourth-order valence-electron chi connectivity index (χ4n) is 1.16. The third-order valence-corrected chi connectivity index (χ3v) is 2.04. The molecular formula is C10H17N3. The van der Waals surface area contributed by atoms with Gasteiger partial charge >= 0.3 is 0 Å². The Morgan fingerprint density at radius 3 is 3.08 bits per heavy atom. The second-order valence-corrected chi connectivity index (χ2v) is 3.11. The van der Waals surface area contributed by atoms with E-state index in [1.165, 1.54) is 11.3 Å². The van der Waals surface area contributed by atoms with Gasteiger partial charge in [-0.1, -0.05) is 19.1 Å². The Balaban J connectivity index is 2.64. The fourth-order valence-corrected chi connectivity index (χ4v) is 1.16. The Labute approximate surface area is 79.5 Å². The number of hydrogen-bond donors (Lipinski definition) is 1. The molecule has 0 amide bonds. The van der Waals surface area contributed by atoms with Crippen LogP contribution in [0, 0.1) is 0 Å². The first-order valence-corrected chi connectivity index (χ1v) is 4.59. The highest BCUT2D eigenvalue weighted by atomic mass is 15.3. The summed E-state index contributed by atoms with van der Waals surface area (Å²) in [7, 11) is 1.94. The summed E-state index contributed by atoms with van der Waals surface area (Å²) in [6.45, 7) is 7.77. The lowest BCUT2D eigenvalue weighted by Gasteiger charge is -2.07. The molecule has 0 fully saturated rings. The molecule has 1 rings (SSSR count). The van der Waals surface area contributed by atoms with Gasteiger partial charge in [-0.15, -0.1) is 0 Å². The molecule has 1 aromatic rings. The van der Waals surface area contributed by atoms with Crippen LogP contribution in [-0.2, 0) is 13.1 Å². The summed E-state index contributed by atoms with van der Waals surface area (Å²) in [5, 5.41) is 7.35. The molecule has 3 heteroatoms. The number of rotatable bonds is 5. The zero-order valence-corrected chi connectivity index (χ0v) is 8.38. The minimum absolute atomic E-state index is 0.834. The van der Waals surface area contributed by atoms with Gasteiger partial charge in [-0.2, -0.15) is 5.10 Å². The molecule has 0 aromatic carbocycles. The second-order valence-electron chi connectivity index (χ2n) is 3.11. The molecule has 0 aliphatic heterocycles. The van der Waals surface area contributed by atoms with E-state index in [0.717, 1.165) is 19.5 Å². The molecular weight excluding hydrogens is 162 g/mol. The molecule has 0 bridgehead atoms. The van der Waals surface area contributed by atoms with Crippen molar-refractivity contribution < 1.29 is 0 Å². The highest BCUT2D eigenvalue weighted by Crippen LogP contribution is 2.04. The summed E-state index contributed by atoms with van der Waals surface area (Å²) in [5.41, 5.74) is 2.41. The van der Waals surface area contributed by atoms with Crippen molar-refractivity contribution in [3.63, 3.8) is 0 Å². The van der Waals surface area contributed by atoms with Crippen LogP contribution in [0.3, 0.4) is 0 Å². The van der Waals surface area contributed by atoms with E-state index in [1.807, 2.05) is 24.0 Å². The van der Waals surface area contributed by atoms with Crippen LogP contribution >= 0.6 is 0 Å². The van der Waals surface area contributed by atoms with Crippen LogP contribution < -0.4 is 5.32 Å². The lowest BCUT2D eigenvalue weighted by Crippen LogP contribution is -2.13. The lowest BCUT2D eigenvalue weighted by atomic mass is 10.2. The van der Waals surface area contributed by atoms with Crippen molar-refractivity contribution in [2.75, 3.05) is 7.05 Å². The van der Waals surface area contributed by atoms with Crippen molar-refractivity contribution in [2.45, 2.75) is 26.4 Å². The summed E-state index contributed by atoms with van der Waals surface area (Å²) in [5.74, 6) is 0. The first-order valence-electron chi connectivity index (χ1n) is 4.59. The van der Waals surface area contributed by atoms with Crippen LogP contribution in [0.15, 0.2) is 24.4 Å². The summed E-state index contributed by atoms with van der Waals surface area (Å²) < 4.78 is 1.99. The van der Waals surface area contributed by atoms with Gasteiger partial charge in [0.05, 0.1) is 12.2 Å². The first kappa shape index (κ1) is 9.99. The molecule has 0 aliphatic rings. The monoisotopic (exact) mass is 179 g/mol. The fraction of sp³-hybridized carbons (Fsp3) is 0.500. The van der Waals surface area contributed by atoms with Crippen molar-refractivity contribution >= 4 is 0 Å². The molecule has 13 heavy (non-hydrogen) atoms. The third kappa shape index (κ3) is 2.70. The zero-order chi connectivity index (χ0) is 9.68. The summed E-state index contributed by atoms with van der Waals surface area (Å²) in [6.07, 6.45) is 2.84. The van der Waals surface area contributed by atoms with Gasteiger partial charge in [0, 0.05) is 12.7 Å². The van der Waals surface area contributed by atoms with E-state index >= 15 is 0 Å². The normalized spacial score (nSPS) is 10.3. The maximum absolute atomic E-state index is 4.24. The van der Waals surface area contributed by atoms with Gasteiger partial charge in [-0.25, -0.2) is 0 Å². The van der Waals surface area contributed by atoms with Crippen LogP contribution in [-0.4, -0.2) is 16.8 Å². The maximum atomic E-state index is 4.24. The Bertz CT molecular complexity index is 275. The number of nitrogens with one attached hydrogen (secondary N) is 1. The average Bonchev–Trinajstić information content (AvgIpc) is 2.54. The predicted molar refractivity (Wildman–Crippen MR) is 54.4 cm³/mol. The van der Waals surface area contributed by atoms with E-state index in [0.29, 0.717) is 0 Å². The Morgan fingerprint density at radius 1 is 1.69 bits per heavy atom. The molecule has 1 aromatic heterocycles. The summed E-state index contributed by atoms with van der Waals surface area (Å²) in [6, 6.07) is 2.03. The van der Waals surface area contributed by atoms with Crippen LogP contribution in [0.4, 0.5) is 0 Å². The summed E-state index contributed by atoms with van der Waals surface area (Å²) >= 11 is 0. The molecule has 0 saturated carbocycles. The van der Waals surface area contributed by atoms with Crippen molar-refractivity contribution in [3.05, 3.63) is 30.1 Å². The Morgan fingerprint density at radius 2 is 2.46 bits per heavy atom. The van der Waals surface area contributed by atoms with Crippen LogP contribution in [0.1, 0.15) is 19.0 Å². The largest absolute Gasteiger partial charge is 0.314 e. The van der Waals surface area contributed by atoms with Gasteiger partial charge in [-0.3, -0.25) is 4.68 Å². The van der Waals surface area contributed by atoms with Crippen molar-refractivity contribution in [2.24, 2.45) is 0 Å². The maximum Gasteiger partial charge on any atom is 0.0620 e. The van der Waals surface area contributed by atoms with E-state index < -0.39 is 0 Å². The molecule has 0 spiro atoms. The quantitative estimate of drug-likeness (QED) is 0.695. The van der Waals surface area contributed by atoms with Crippen molar-refractivity contribution in [1.29, 1.82) is 0 Å². The van der Waals surface area contributed by atoms with E-state index in [2.05, 4.69) is 23.9 Å². The molecule has 0 saturated heterocycles. The molecule has 0 aliphatic carbocycles. The van der Waals surface area contributed by atoms with Crippen molar-refractivity contribution in [3.8, 4) is 0 Å². The topological polar surface area (TPSA) is 29.9 Å². The van der Waals surface area contributed by atoms with Crippen LogP contribution in [0.2, 0.25) is 0 Å². The lowest BCUT2D eigenvalue weighted by molar-refractivity contribution is 0.609. The predicted octanol–water partition coefficient (Wildman–Crippen LogP) is 1.57. The SMILES string of the molecule is C=C(CC)Cn1nccc1CNC. The van der Waals surface area contributed by atoms with Gasteiger partial charge in [0.1, 0.15) is 0 Å². The van der Waals surface area contributed by atoms with E-state index in [-0.39, 0.29) is 0 Å². The van der Waals surface area contributed by atoms with E-state index in [4.69, 9.17) is 0 Å². The highest BCUT2D eigenvalue weighted by molar-refractivity contribution is 5.03. The molecule has 0 radical (unpaired) electrons. The molecule has 72 valence electrons. The van der Waals surface area contributed by atoms with Crippen LogP contribution in [0.5, 0.6) is 0 Å². The molecule has 3 nitrogen and oxygen atoms in total. The second kappa shape index (κ2) is 4.82. The van der Waals surface area contributed by atoms with E-state index in [1.54, 1.807) is 0 Å². The molecule has 1 N–H and O–H groups in total. The number of nitrogens with zero attached hydrogens (tertiary/aromatic N) is 2. The van der Waals surface area contributed by atoms with Crippen LogP contribution in [0.25, 0.3) is 0 Å². The summed E-state index contributed by atoms with van der Waals surface area (Å²) in [4.78, 5) is 0. The molecule has 0 unspecified atom stereocenters. The minimum atomic E-state index is 0.834. The van der Waals surface area contributed by atoms with E-state index in [9.17, 15) is 0 Å². The highest BCUT2D eigenvalue weighted by Gasteiger charge is 2.01. The average molecular weight is 179 g/mol. The molecule has 1 heterocycles. The Hall–Kier alpha value is -1.09. The van der Waals surface area contributed by atoms with Crippen molar-refractivity contribution in [1.82, 2.24) is 15.1 Å². The molecule has 0 atom stereocenters.